The van der Waals surface area contributed by atoms with Crippen LogP contribution in [-0.4, -0.2) is 20.4 Å². The monoisotopic (exact) mass is 300 g/mol. The highest BCUT2D eigenvalue weighted by atomic mass is 32.2. The summed E-state index contributed by atoms with van der Waals surface area (Å²) in [7, 11) is -3.86. The van der Waals surface area contributed by atoms with Crippen LogP contribution < -0.4 is 10.5 Å². The number of furan rings is 1. The van der Waals surface area contributed by atoms with Crippen LogP contribution in [0.2, 0.25) is 0 Å². The highest BCUT2D eigenvalue weighted by Crippen LogP contribution is 2.24. The number of nitrogens with two attached hydrogens (primary N) is 1. The third-order valence-corrected chi connectivity index (χ3v) is 4.77. The molecule has 1 amide bonds. The summed E-state index contributed by atoms with van der Waals surface area (Å²) in [5, 5.41) is 7.93. The molecule has 20 heavy (non-hydrogen) atoms. The van der Waals surface area contributed by atoms with E-state index in [0.29, 0.717) is 5.92 Å². The first kappa shape index (κ1) is 15.1. The fourth-order valence-electron chi connectivity index (χ4n) is 2.52. The highest BCUT2D eigenvalue weighted by molar-refractivity contribution is 7.89. The summed E-state index contributed by atoms with van der Waals surface area (Å²) in [5.41, 5.74) is 0. The number of hydrogen-bond donors (Lipinski definition) is 2. The van der Waals surface area contributed by atoms with E-state index in [1.165, 1.54) is 13.0 Å². The van der Waals surface area contributed by atoms with Crippen molar-refractivity contribution in [2.75, 3.05) is 0 Å². The van der Waals surface area contributed by atoms with E-state index in [2.05, 4.69) is 12.2 Å². The lowest BCUT2D eigenvalue weighted by atomic mass is 9.87. The van der Waals surface area contributed by atoms with Crippen LogP contribution in [0, 0.1) is 12.8 Å². The first-order valence-electron chi connectivity index (χ1n) is 6.71. The Balaban J connectivity index is 2.07. The first-order chi connectivity index (χ1) is 9.27. The Morgan fingerprint density at radius 3 is 2.45 bits per heavy atom. The number of hydrogen-bond acceptors (Lipinski definition) is 4. The maximum atomic E-state index is 12.0. The van der Waals surface area contributed by atoms with Crippen molar-refractivity contribution in [3.8, 4) is 0 Å². The molecule has 1 saturated carbocycles. The maximum absolute atomic E-state index is 12.0. The molecule has 0 saturated heterocycles. The quantitative estimate of drug-likeness (QED) is 0.883. The highest BCUT2D eigenvalue weighted by Gasteiger charge is 2.24. The summed E-state index contributed by atoms with van der Waals surface area (Å²) in [5.74, 6) is 0.436. The number of aryl methyl sites for hydroxylation is 1. The van der Waals surface area contributed by atoms with Gasteiger partial charge in [-0.3, -0.25) is 4.79 Å². The van der Waals surface area contributed by atoms with Crippen molar-refractivity contribution in [2.45, 2.75) is 50.5 Å². The smallest absolute Gasteiger partial charge is 0.287 e. The van der Waals surface area contributed by atoms with Gasteiger partial charge < -0.3 is 9.73 Å². The molecule has 2 rings (SSSR count). The van der Waals surface area contributed by atoms with Crippen molar-refractivity contribution >= 4 is 15.9 Å². The number of sulfonamides is 1. The van der Waals surface area contributed by atoms with Gasteiger partial charge in [-0.15, -0.1) is 0 Å². The number of primary sulfonamides is 1. The van der Waals surface area contributed by atoms with Crippen LogP contribution >= 0.6 is 0 Å². The Bertz CT molecular complexity index is 598. The van der Waals surface area contributed by atoms with Gasteiger partial charge in [0.2, 0.25) is 10.0 Å². The molecule has 1 aromatic rings. The fourth-order valence-corrected chi connectivity index (χ4v) is 3.23. The molecule has 7 heteroatoms. The van der Waals surface area contributed by atoms with E-state index in [-0.39, 0.29) is 28.4 Å². The first-order valence-corrected chi connectivity index (χ1v) is 8.26. The molecule has 1 aliphatic rings. The zero-order valence-corrected chi connectivity index (χ0v) is 12.5. The molecule has 1 aromatic heterocycles. The molecule has 112 valence electrons. The van der Waals surface area contributed by atoms with Crippen molar-refractivity contribution in [3.63, 3.8) is 0 Å². The van der Waals surface area contributed by atoms with Crippen molar-refractivity contribution < 1.29 is 17.6 Å². The van der Waals surface area contributed by atoms with Gasteiger partial charge in [0, 0.05) is 12.1 Å². The topological polar surface area (TPSA) is 102 Å². The molecule has 1 fully saturated rings. The Kier molecular flexibility index (Phi) is 4.19. The van der Waals surface area contributed by atoms with Crippen molar-refractivity contribution in [1.82, 2.24) is 5.32 Å². The molecular formula is C13H20N2O4S. The SMILES string of the molecule is Cc1oc(C(=O)NC2CCC(C)CC2)cc1S(N)(=O)=O. The fraction of sp³-hybridized carbons (Fsp3) is 0.615. The number of rotatable bonds is 3. The van der Waals surface area contributed by atoms with Gasteiger partial charge in [-0.1, -0.05) is 6.92 Å². The second kappa shape index (κ2) is 5.57. The van der Waals surface area contributed by atoms with Gasteiger partial charge in [-0.2, -0.15) is 0 Å². The largest absolute Gasteiger partial charge is 0.455 e. The average molecular weight is 300 g/mol. The van der Waals surface area contributed by atoms with Crippen LogP contribution in [0.4, 0.5) is 0 Å². The third-order valence-electron chi connectivity index (χ3n) is 3.75. The number of nitrogens with one attached hydrogen (secondary N) is 1. The lowest BCUT2D eigenvalue weighted by molar-refractivity contribution is 0.0893. The average Bonchev–Trinajstić information content (AvgIpc) is 2.74. The van der Waals surface area contributed by atoms with E-state index in [1.807, 2.05) is 0 Å². The van der Waals surface area contributed by atoms with E-state index in [9.17, 15) is 13.2 Å². The van der Waals surface area contributed by atoms with E-state index < -0.39 is 10.0 Å². The Morgan fingerprint density at radius 2 is 1.95 bits per heavy atom. The summed E-state index contributed by atoms with van der Waals surface area (Å²) >= 11 is 0. The summed E-state index contributed by atoms with van der Waals surface area (Å²) < 4.78 is 27.8. The predicted octanol–water partition coefficient (Wildman–Crippen LogP) is 1.54. The van der Waals surface area contributed by atoms with Crippen LogP contribution in [0.15, 0.2) is 15.4 Å². The second-order valence-electron chi connectivity index (χ2n) is 5.51. The van der Waals surface area contributed by atoms with Crippen molar-refractivity contribution in [1.29, 1.82) is 0 Å². The lowest BCUT2D eigenvalue weighted by Gasteiger charge is -2.26. The minimum atomic E-state index is -3.86. The van der Waals surface area contributed by atoms with E-state index in [0.717, 1.165) is 25.7 Å². The Hall–Kier alpha value is -1.34. The Labute approximate surface area is 118 Å². The third kappa shape index (κ3) is 3.40. The number of amides is 1. The molecule has 0 spiro atoms. The summed E-state index contributed by atoms with van der Waals surface area (Å²) in [6.45, 7) is 3.67. The van der Waals surface area contributed by atoms with Gasteiger partial charge in [0.15, 0.2) is 5.76 Å². The maximum Gasteiger partial charge on any atom is 0.287 e. The summed E-state index contributed by atoms with van der Waals surface area (Å²) in [4.78, 5) is 11.9. The lowest BCUT2D eigenvalue weighted by Crippen LogP contribution is -2.37. The molecule has 0 aromatic carbocycles. The van der Waals surface area contributed by atoms with Crippen LogP contribution in [-0.2, 0) is 10.0 Å². The second-order valence-corrected chi connectivity index (χ2v) is 7.04. The van der Waals surface area contributed by atoms with E-state index in [4.69, 9.17) is 9.56 Å². The van der Waals surface area contributed by atoms with Gasteiger partial charge >= 0.3 is 0 Å². The zero-order chi connectivity index (χ0) is 14.9. The minimum absolute atomic E-state index is 0.00912. The molecule has 6 nitrogen and oxygen atoms in total. The molecule has 1 aliphatic carbocycles. The molecule has 0 aliphatic heterocycles. The van der Waals surface area contributed by atoms with Crippen LogP contribution in [0.3, 0.4) is 0 Å². The molecule has 0 radical (unpaired) electrons. The molecule has 0 unspecified atom stereocenters. The van der Waals surface area contributed by atoms with Gasteiger partial charge in [0.05, 0.1) is 0 Å². The van der Waals surface area contributed by atoms with E-state index in [1.54, 1.807) is 0 Å². The molecule has 0 atom stereocenters. The summed E-state index contributed by atoms with van der Waals surface area (Å²) in [6, 6.07) is 1.31. The van der Waals surface area contributed by atoms with Crippen LogP contribution in [0.25, 0.3) is 0 Å². The Morgan fingerprint density at radius 1 is 1.35 bits per heavy atom. The number of carbonyl (C=O) groups excluding carboxylic acids is 1. The zero-order valence-electron chi connectivity index (χ0n) is 11.7. The molecule has 0 bridgehead atoms. The predicted molar refractivity (Wildman–Crippen MR) is 73.7 cm³/mol. The molecule has 1 heterocycles. The van der Waals surface area contributed by atoms with Gasteiger partial charge in [-0.25, -0.2) is 13.6 Å². The van der Waals surface area contributed by atoms with E-state index >= 15 is 0 Å². The number of carbonyl (C=O) groups is 1. The van der Waals surface area contributed by atoms with Crippen molar-refractivity contribution in [2.24, 2.45) is 11.1 Å². The summed E-state index contributed by atoms with van der Waals surface area (Å²) in [6.07, 6.45) is 4.05. The van der Waals surface area contributed by atoms with Gasteiger partial charge in [-0.05, 0) is 38.5 Å². The standard InChI is InChI=1S/C13H20N2O4S/c1-8-3-5-10(6-4-8)15-13(16)11-7-12(9(2)19-11)20(14,17)18/h7-8,10H,3-6H2,1-2H3,(H,15,16)(H2,14,17,18). The van der Waals surface area contributed by atoms with Gasteiger partial charge in [0.25, 0.3) is 5.91 Å². The van der Waals surface area contributed by atoms with Crippen molar-refractivity contribution in [3.05, 3.63) is 17.6 Å². The molecular weight excluding hydrogens is 280 g/mol. The van der Waals surface area contributed by atoms with Crippen LogP contribution in [0.1, 0.15) is 48.9 Å². The normalized spacial score (nSPS) is 23.6. The molecule has 3 N–H and O–H groups in total. The van der Waals surface area contributed by atoms with Gasteiger partial charge in [0.1, 0.15) is 10.7 Å². The minimum Gasteiger partial charge on any atom is -0.455 e. The van der Waals surface area contributed by atoms with Crippen LogP contribution in [0.5, 0.6) is 0 Å².